The van der Waals surface area contributed by atoms with Gasteiger partial charge in [-0.05, 0) is 48.2 Å². The Hall–Kier alpha value is -4.29. The van der Waals surface area contributed by atoms with Crippen molar-refractivity contribution < 1.29 is 29.3 Å². The number of aromatic nitrogens is 2. The van der Waals surface area contributed by atoms with Gasteiger partial charge in [-0.1, -0.05) is 55.5 Å². The number of hydrogen-bond acceptors (Lipinski definition) is 7. The number of aromatic amines is 1. The van der Waals surface area contributed by atoms with Gasteiger partial charge in [0.05, 0.1) is 36.3 Å². The molecule has 0 saturated carbocycles. The molecule has 2 aliphatic heterocycles. The molecule has 1 aromatic heterocycles. The van der Waals surface area contributed by atoms with E-state index in [4.69, 9.17) is 14.6 Å². The predicted molar refractivity (Wildman–Crippen MR) is 172 cm³/mol. The molecule has 0 aliphatic carbocycles. The summed E-state index contributed by atoms with van der Waals surface area (Å²) in [5.74, 6) is -1.40. The summed E-state index contributed by atoms with van der Waals surface area (Å²) in [5, 5.41) is 21.3. The zero-order valence-corrected chi connectivity index (χ0v) is 25.8. The Balaban J connectivity index is 1.18. The van der Waals surface area contributed by atoms with Crippen LogP contribution in [-0.4, -0.2) is 62.3 Å². The number of para-hydroxylation sites is 2. The fourth-order valence-corrected chi connectivity index (χ4v) is 6.59. The van der Waals surface area contributed by atoms with Crippen LogP contribution in [0.1, 0.15) is 67.7 Å². The topological polar surface area (TPSA) is 146 Å². The molecule has 11 heteroatoms. The highest BCUT2D eigenvalue weighted by Gasteiger charge is 2.39. The van der Waals surface area contributed by atoms with Crippen LogP contribution in [0.3, 0.4) is 0 Å². The van der Waals surface area contributed by atoms with E-state index < -0.39 is 12.3 Å². The van der Waals surface area contributed by atoms with Gasteiger partial charge < -0.3 is 34.9 Å². The van der Waals surface area contributed by atoms with Gasteiger partial charge in [-0.2, -0.15) is 0 Å². The second kappa shape index (κ2) is 14.0. The number of ether oxygens (including phenoxy) is 2. The van der Waals surface area contributed by atoms with Gasteiger partial charge in [0, 0.05) is 49.3 Å². The van der Waals surface area contributed by atoms with Crippen molar-refractivity contribution in [3.63, 3.8) is 0 Å². The molecule has 3 aromatic carbocycles. The smallest absolute Gasteiger partial charge is 0.326 e. The number of aliphatic carboxylic acids is 1. The highest BCUT2D eigenvalue weighted by molar-refractivity contribution is 5.92. The first-order valence-electron chi connectivity index (χ1n) is 15.8. The van der Waals surface area contributed by atoms with Crippen molar-refractivity contribution in [2.24, 2.45) is 5.92 Å². The van der Waals surface area contributed by atoms with Crippen molar-refractivity contribution in [2.75, 3.05) is 25.0 Å². The number of hydrogen-bond donors (Lipinski definition) is 4. The number of benzene rings is 3. The molecule has 1 amide bonds. The van der Waals surface area contributed by atoms with Gasteiger partial charge in [-0.25, -0.2) is 4.79 Å². The number of amides is 1. The maximum absolute atomic E-state index is 12.8. The summed E-state index contributed by atoms with van der Waals surface area (Å²) in [6.45, 7) is 4.42. The first-order chi connectivity index (χ1) is 22.3. The number of H-pyrrole nitrogens is 1. The van der Waals surface area contributed by atoms with E-state index in [0.717, 1.165) is 53.7 Å². The van der Waals surface area contributed by atoms with Crippen molar-refractivity contribution in [1.29, 1.82) is 0 Å². The van der Waals surface area contributed by atoms with Crippen molar-refractivity contribution in [3.05, 3.63) is 100.0 Å². The lowest BCUT2D eigenvalue weighted by atomic mass is 9.89. The molecule has 3 heterocycles. The number of aliphatic hydroxyl groups is 1. The summed E-state index contributed by atoms with van der Waals surface area (Å²) >= 11 is 0. The minimum atomic E-state index is -1.03. The van der Waals surface area contributed by atoms with Crippen LogP contribution in [0.15, 0.2) is 77.6 Å². The average Bonchev–Trinajstić information content (AvgIpc) is 3.41. The van der Waals surface area contributed by atoms with Crippen molar-refractivity contribution in [3.8, 4) is 0 Å². The SMILES string of the molecule is C[C@H]1[C@@H](CN2CCC(n3c(=O)[nH]c4ccccc43)CC2)O[C@@H](c2cccc(NC(=O)CCC(=O)O)c2)O[C@H]1c1ccc(CO)cc1. The second-order valence-electron chi connectivity index (χ2n) is 12.2. The number of carboxylic acid groups (broad SMARTS) is 1. The fourth-order valence-electron chi connectivity index (χ4n) is 6.59. The second-order valence-corrected chi connectivity index (χ2v) is 12.2. The minimum absolute atomic E-state index is 0.00379. The summed E-state index contributed by atoms with van der Waals surface area (Å²) in [7, 11) is 0. The number of nitrogens with one attached hydrogen (secondary N) is 2. The van der Waals surface area contributed by atoms with Gasteiger partial charge in [0.1, 0.15) is 0 Å². The maximum atomic E-state index is 12.8. The van der Waals surface area contributed by atoms with Crippen LogP contribution < -0.4 is 11.0 Å². The third-order valence-corrected chi connectivity index (χ3v) is 9.12. The van der Waals surface area contributed by atoms with Crippen LogP contribution in [0.2, 0.25) is 0 Å². The molecule has 4 atom stereocenters. The molecule has 0 radical (unpaired) electrons. The summed E-state index contributed by atoms with van der Waals surface area (Å²) in [5.41, 5.74) is 4.80. The van der Waals surface area contributed by atoms with Gasteiger partial charge in [0.25, 0.3) is 0 Å². The van der Waals surface area contributed by atoms with Crippen LogP contribution in [0, 0.1) is 5.92 Å². The number of aliphatic hydroxyl groups excluding tert-OH is 1. The zero-order valence-electron chi connectivity index (χ0n) is 25.8. The number of anilines is 1. The molecule has 0 unspecified atom stereocenters. The number of rotatable bonds is 10. The third-order valence-electron chi connectivity index (χ3n) is 9.12. The predicted octanol–water partition coefficient (Wildman–Crippen LogP) is 4.75. The average molecular weight is 629 g/mol. The lowest BCUT2D eigenvalue weighted by Gasteiger charge is -2.44. The quantitative estimate of drug-likeness (QED) is 0.197. The Labute approximate surface area is 266 Å². The highest BCUT2D eigenvalue weighted by atomic mass is 16.7. The molecule has 4 aromatic rings. The number of nitrogens with zero attached hydrogens (tertiary/aromatic N) is 2. The lowest BCUT2D eigenvalue weighted by Crippen LogP contribution is -2.47. The van der Waals surface area contributed by atoms with Gasteiger partial charge in [-0.3, -0.25) is 14.2 Å². The van der Waals surface area contributed by atoms with E-state index in [0.29, 0.717) is 12.2 Å². The Morgan fingerprint density at radius 2 is 1.72 bits per heavy atom. The molecule has 0 spiro atoms. The molecule has 46 heavy (non-hydrogen) atoms. The van der Waals surface area contributed by atoms with Gasteiger partial charge in [0.15, 0.2) is 6.29 Å². The summed E-state index contributed by atoms with van der Waals surface area (Å²) in [4.78, 5) is 41.4. The van der Waals surface area contributed by atoms with E-state index in [1.807, 2.05) is 65.2 Å². The lowest BCUT2D eigenvalue weighted by molar-refractivity contribution is -0.276. The van der Waals surface area contributed by atoms with E-state index in [1.165, 1.54) is 0 Å². The van der Waals surface area contributed by atoms with Crippen LogP contribution in [-0.2, 0) is 25.7 Å². The van der Waals surface area contributed by atoms with Crippen LogP contribution in [0.25, 0.3) is 11.0 Å². The molecule has 0 bridgehead atoms. The van der Waals surface area contributed by atoms with E-state index in [1.54, 1.807) is 12.1 Å². The molecule has 11 nitrogen and oxygen atoms in total. The molecular weight excluding hydrogens is 588 g/mol. The number of piperidine rings is 1. The van der Waals surface area contributed by atoms with Gasteiger partial charge in [-0.15, -0.1) is 0 Å². The number of carbonyl (C=O) groups excluding carboxylic acids is 1. The molecule has 242 valence electrons. The maximum Gasteiger partial charge on any atom is 0.326 e. The summed E-state index contributed by atoms with van der Waals surface area (Å²) in [6, 6.07) is 22.9. The zero-order chi connectivity index (χ0) is 32.2. The number of carboxylic acids is 1. The molecule has 4 N–H and O–H groups in total. The molecule has 2 saturated heterocycles. The van der Waals surface area contributed by atoms with E-state index in [2.05, 4.69) is 22.1 Å². The Kier molecular flexibility index (Phi) is 9.64. The number of imidazole rings is 1. The highest BCUT2D eigenvalue weighted by Crippen LogP contribution is 2.42. The molecular formula is C35H40N4O7. The number of likely N-dealkylation sites (tertiary alicyclic amines) is 1. The monoisotopic (exact) mass is 628 g/mol. The fraction of sp³-hybridized carbons (Fsp3) is 0.400. The normalized spacial score (nSPS) is 22.6. The Morgan fingerprint density at radius 3 is 2.46 bits per heavy atom. The van der Waals surface area contributed by atoms with Crippen molar-refractivity contribution in [2.45, 2.75) is 63.8 Å². The van der Waals surface area contributed by atoms with E-state index >= 15 is 0 Å². The standard InChI is InChI=1S/C35H40N4O7/c1-22-30(20-38-17-15-27(16-18-38)39-29-8-3-2-7-28(29)37-35(39)44)45-34(46-33(22)24-11-9-23(21-40)10-12-24)25-5-4-6-26(19-25)36-31(41)13-14-32(42)43/h2-12,19,22,27,30,33-34,40H,13-18,20-21H2,1H3,(H,36,41)(H,37,44)(H,42,43)/t22-,30+,33+,34+/m0/s1. The van der Waals surface area contributed by atoms with Crippen LogP contribution >= 0.6 is 0 Å². The third kappa shape index (κ3) is 7.07. The minimum Gasteiger partial charge on any atom is -0.481 e. The largest absolute Gasteiger partial charge is 0.481 e. The van der Waals surface area contributed by atoms with Crippen LogP contribution in [0.4, 0.5) is 5.69 Å². The van der Waals surface area contributed by atoms with Gasteiger partial charge in [0.2, 0.25) is 5.91 Å². The first kappa shape index (κ1) is 31.7. The molecule has 2 aliphatic rings. The Bertz CT molecular complexity index is 1720. The van der Waals surface area contributed by atoms with Crippen LogP contribution in [0.5, 0.6) is 0 Å². The first-order valence-corrected chi connectivity index (χ1v) is 15.8. The Morgan fingerprint density at radius 1 is 0.957 bits per heavy atom. The molecule has 2 fully saturated rings. The summed E-state index contributed by atoms with van der Waals surface area (Å²) in [6.07, 6.45) is 0.160. The molecule has 6 rings (SSSR count). The van der Waals surface area contributed by atoms with Crippen molar-refractivity contribution >= 4 is 28.6 Å². The number of fused-ring (bicyclic) bond motifs is 1. The van der Waals surface area contributed by atoms with E-state index in [9.17, 15) is 19.5 Å². The van der Waals surface area contributed by atoms with E-state index in [-0.39, 0.29) is 55.2 Å². The summed E-state index contributed by atoms with van der Waals surface area (Å²) < 4.78 is 15.1. The number of carbonyl (C=O) groups is 2. The van der Waals surface area contributed by atoms with Gasteiger partial charge >= 0.3 is 11.7 Å². The van der Waals surface area contributed by atoms with Crippen molar-refractivity contribution in [1.82, 2.24) is 14.5 Å².